The third-order valence-corrected chi connectivity index (χ3v) is 3.99. The third-order valence-electron chi connectivity index (χ3n) is 3.99. The van der Waals surface area contributed by atoms with Gasteiger partial charge in [-0.1, -0.05) is 64.0 Å². The van der Waals surface area contributed by atoms with E-state index in [1.54, 1.807) is 0 Å². The van der Waals surface area contributed by atoms with Crippen molar-refractivity contribution in [1.29, 1.82) is 0 Å². The Labute approximate surface area is 160 Å². The number of hydrogen-bond acceptors (Lipinski definition) is 4. The summed E-state index contributed by atoms with van der Waals surface area (Å²) in [7, 11) is 0. The molecule has 2 atom stereocenters. The number of allylic oxidation sites excluding steroid dienone is 1. The normalized spacial score (nSPS) is 13.3. The van der Waals surface area contributed by atoms with Gasteiger partial charge in [-0.2, -0.15) is 0 Å². The number of carbonyl (C=O) groups is 1. The van der Waals surface area contributed by atoms with Crippen LogP contribution in [0.1, 0.15) is 97.3 Å². The molecule has 0 aromatic rings. The Hall–Kier alpha value is -0.910. The van der Waals surface area contributed by atoms with Crippen molar-refractivity contribution < 1.29 is 25.2 Å². The summed E-state index contributed by atoms with van der Waals surface area (Å²) in [5, 5.41) is 34.3. The minimum absolute atomic E-state index is 0.139. The smallest absolute Gasteiger partial charge is 0.303 e. The van der Waals surface area contributed by atoms with Crippen molar-refractivity contribution in [2.45, 2.75) is 110 Å². The van der Waals surface area contributed by atoms with E-state index in [1.807, 2.05) is 0 Å². The summed E-state index contributed by atoms with van der Waals surface area (Å²) in [6.07, 6.45) is 16.8. The Morgan fingerprint density at radius 1 is 0.923 bits per heavy atom. The lowest BCUT2D eigenvalue weighted by atomic mass is 10.1. The zero-order valence-corrected chi connectivity index (χ0v) is 16.9. The highest BCUT2D eigenvalue weighted by Crippen LogP contribution is 2.10. The predicted octanol–water partition coefficient (Wildman–Crippen LogP) is 4.44. The largest absolute Gasteiger partial charge is 0.481 e. The van der Waals surface area contributed by atoms with Gasteiger partial charge in [-0.15, -0.1) is 0 Å². The standard InChI is InChI=1S/C18H34O3.C3H8O2/c1-2-3-4-11-14-17(19)15-12-9-7-5-6-8-10-13-16-18(20)21;1-3(5)2-4/h9,12,17,19H,2-8,10-11,13-16H2,1H3,(H,20,21);3-5H,2H2,1H3/b12-9-;/t17-;/m1./s1. The van der Waals surface area contributed by atoms with Gasteiger partial charge in [-0.25, -0.2) is 0 Å². The predicted molar refractivity (Wildman–Crippen MR) is 107 cm³/mol. The van der Waals surface area contributed by atoms with Gasteiger partial charge >= 0.3 is 5.97 Å². The molecule has 0 radical (unpaired) electrons. The molecule has 4 N–H and O–H groups in total. The monoisotopic (exact) mass is 374 g/mol. The van der Waals surface area contributed by atoms with Crippen LogP contribution in [0.3, 0.4) is 0 Å². The van der Waals surface area contributed by atoms with E-state index in [1.165, 1.54) is 32.6 Å². The number of carboxylic acid groups (broad SMARTS) is 1. The van der Waals surface area contributed by atoms with Crippen molar-refractivity contribution in [3.8, 4) is 0 Å². The SMILES string of the molecule is CC(O)CO.CCCCCC[C@@H](O)C/C=C\CCCCCCCC(=O)O. The molecule has 0 heterocycles. The van der Waals surface area contributed by atoms with Crippen LogP contribution < -0.4 is 0 Å². The molecule has 0 aliphatic rings. The number of unbranched alkanes of at least 4 members (excludes halogenated alkanes) is 8. The number of rotatable bonds is 16. The van der Waals surface area contributed by atoms with Crippen LogP contribution in [0, 0.1) is 0 Å². The first-order valence-corrected chi connectivity index (χ1v) is 10.3. The molecule has 5 nitrogen and oxygen atoms in total. The first-order chi connectivity index (χ1) is 12.4. The van der Waals surface area contributed by atoms with Crippen LogP contribution in [0.5, 0.6) is 0 Å². The van der Waals surface area contributed by atoms with Crippen LogP contribution in [0.15, 0.2) is 12.2 Å². The van der Waals surface area contributed by atoms with Gasteiger partial charge in [0.15, 0.2) is 0 Å². The number of carboxylic acids is 1. The molecular weight excluding hydrogens is 332 g/mol. The fourth-order valence-electron chi connectivity index (χ4n) is 2.36. The van der Waals surface area contributed by atoms with E-state index in [2.05, 4.69) is 19.1 Å². The van der Waals surface area contributed by atoms with Gasteiger partial charge in [0.1, 0.15) is 0 Å². The third kappa shape index (κ3) is 27.9. The van der Waals surface area contributed by atoms with Gasteiger partial charge in [0.2, 0.25) is 0 Å². The quantitative estimate of drug-likeness (QED) is 0.236. The summed E-state index contributed by atoms with van der Waals surface area (Å²) in [6, 6.07) is 0. The Kier molecular flexibility index (Phi) is 23.2. The van der Waals surface area contributed by atoms with Crippen LogP contribution >= 0.6 is 0 Å². The molecule has 0 aromatic heterocycles. The molecule has 0 amide bonds. The van der Waals surface area contributed by atoms with Crippen LogP contribution in [0.2, 0.25) is 0 Å². The molecule has 0 aliphatic heterocycles. The summed E-state index contributed by atoms with van der Waals surface area (Å²) in [5.74, 6) is -0.689. The lowest BCUT2D eigenvalue weighted by Crippen LogP contribution is -2.04. The molecule has 0 spiro atoms. The van der Waals surface area contributed by atoms with E-state index in [-0.39, 0.29) is 12.7 Å². The van der Waals surface area contributed by atoms with Crippen molar-refractivity contribution in [1.82, 2.24) is 0 Å². The molecule has 0 rings (SSSR count). The maximum atomic E-state index is 10.3. The highest BCUT2D eigenvalue weighted by Gasteiger charge is 2.00. The first-order valence-electron chi connectivity index (χ1n) is 10.3. The number of aliphatic carboxylic acids is 1. The summed E-state index contributed by atoms with van der Waals surface area (Å²) >= 11 is 0. The molecule has 0 bridgehead atoms. The van der Waals surface area contributed by atoms with Crippen molar-refractivity contribution >= 4 is 5.97 Å². The van der Waals surface area contributed by atoms with Crippen molar-refractivity contribution in [2.24, 2.45) is 0 Å². The van der Waals surface area contributed by atoms with Gasteiger partial charge in [-0.3, -0.25) is 4.79 Å². The zero-order valence-electron chi connectivity index (χ0n) is 16.9. The Morgan fingerprint density at radius 3 is 2.08 bits per heavy atom. The maximum absolute atomic E-state index is 10.3. The van der Waals surface area contributed by atoms with Crippen LogP contribution in [0.25, 0.3) is 0 Å². The second kappa shape index (κ2) is 22.1. The van der Waals surface area contributed by atoms with Gasteiger partial charge in [0, 0.05) is 6.42 Å². The number of aliphatic hydroxyl groups excluding tert-OH is 3. The average Bonchev–Trinajstić information content (AvgIpc) is 2.60. The van der Waals surface area contributed by atoms with Crippen LogP contribution in [-0.2, 0) is 4.79 Å². The van der Waals surface area contributed by atoms with E-state index in [4.69, 9.17) is 15.3 Å². The summed E-state index contributed by atoms with van der Waals surface area (Å²) in [5.41, 5.74) is 0. The molecule has 1 unspecified atom stereocenters. The summed E-state index contributed by atoms with van der Waals surface area (Å²) < 4.78 is 0. The molecule has 156 valence electrons. The molecule has 0 aliphatic carbocycles. The van der Waals surface area contributed by atoms with Crippen LogP contribution in [0.4, 0.5) is 0 Å². The first kappa shape index (κ1) is 27.3. The lowest BCUT2D eigenvalue weighted by Gasteiger charge is -2.07. The molecule has 26 heavy (non-hydrogen) atoms. The molecule has 0 saturated carbocycles. The van der Waals surface area contributed by atoms with E-state index in [9.17, 15) is 9.90 Å². The Morgan fingerprint density at radius 2 is 1.50 bits per heavy atom. The van der Waals surface area contributed by atoms with E-state index in [0.717, 1.165) is 51.4 Å². The average molecular weight is 375 g/mol. The molecule has 0 fully saturated rings. The Bertz CT molecular complexity index is 316. The second-order valence-corrected chi connectivity index (χ2v) is 6.94. The molecule has 0 aromatic carbocycles. The number of aliphatic hydroxyl groups is 3. The Balaban J connectivity index is 0. The summed E-state index contributed by atoms with van der Waals surface area (Å²) in [6.45, 7) is 3.59. The van der Waals surface area contributed by atoms with Crippen molar-refractivity contribution in [3.05, 3.63) is 12.2 Å². The maximum Gasteiger partial charge on any atom is 0.303 e. The fraction of sp³-hybridized carbons (Fsp3) is 0.857. The van der Waals surface area contributed by atoms with Gasteiger partial charge < -0.3 is 20.4 Å². The van der Waals surface area contributed by atoms with Gasteiger partial charge in [-0.05, 0) is 39.0 Å². The van der Waals surface area contributed by atoms with E-state index in [0.29, 0.717) is 6.42 Å². The molecule has 0 saturated heterocycles. The topological polar surface area (TPSA) is 98.0 Å². The van der Waals surface area contributed by atoms with Crippen LogP contribution in [-0.4, -0.2) is 45.2 Å². The molecule has 5 heteroatoms. The van der Waals surface area contributed by atoms with Crippen molar-refractivity contribution in [3.63, 3.8) is 0 Å². The highest BCUT2D eigenvalue weighted by atomic mass is 16.4. The minimum Gasteiger partial charge on any atom is -0.481 e. The van der Waals surface area contributed by atoms with Gasteiger partial charge in [0.25, 0.3) is 0 Å². The molecular formula is C21H42O5. The van der Waals surface area contributed by atoms with E-state index >= 15 is 0 Å². The van der Waals surface area contributed by atoms with Crippen molar-refractivity contribution in [2.75, 3.05) is 6.61 Å². The summed E-state index contributed by atoms with van der Waals surface area (Å²) in [4.78, 5) is 10.3. The van der Waals surface area contributed by atoms with Gasteiger partial charge in [0.05, 0.1) is 18.8 Å². The minimum atomic E-state index is -0.689. The fourth-order valence-corrected chi connectivity index (χ4v) is 2.36. The zero-order chi connectivity index (χ0) is 20.0. The highest BCUT2D eigenvalue weighted by molar-refractivity contribution is 5.66. The number of hydrogen-bond donors (Lipinski definition) is 4. The second-order valence-electron chi connectivity index (χ2n) is 6.94. The van der Waals surface area contributed by atoms with E-state index < -0.39 is 12.1 Å². The lowest BCUT2D eigenvalue weighted by molar-refractivity contribution is -0.137.